The van der Waals surface area contributed by atoms with Crippen LogP contribution in [0.15, 0.2) is 60.9 Å². The van der Waals surface area contributed by atoms with Crippen molar-refractivity contribution >= 4 is 23.3 Å². The first-order chi connectivity index (χ1) is 14.6. The molecule has 1 unspecified atom stereocenters. The van der Waals surface area contributed by atoms with Crippen molar-refractivity contribution in [3.8, 4) is 5.82 Å². The predicted molar refractivity (Wildman–Crippen MR) is 110 cm³/mol. The molecule has 4 rings (SSSR count). The Balaban J connectivity index is 1.22. The van der Waals surface area contributed by atoms with Crippen LogP contribution in [0.25, 0.3) is 5.82 Å². The SMILES string of the molecule is O=C(NCCNc1ccc(-n2cccc2)nn1)C1CC(=O)N(c2ccc(F)cc2)C1. The molecule has 1 aromatic carbocycles. The summed E-state index contributed by atoms with van der Waals surface area (Å²) >= 11 is 0. The number of anilines is 2. The van der Waals surface area contributed by atoms with Crippen LogP contribution in [0.1, 0.15) is 6.42 Å². The standard InChI is InChI=1S/C21H21FN6O2/c22-16-3-5-17(6-4-16)28-14-15(13-20(28)29)21(30)24-10-9-23-18-7-8-19(26-25-18)27-11-1-2-12-27/h1-8,11-12,15H,9-10,13-14H2,(H,23,25)(H,24,30). The summed E-state index contributed by atoms with van der Waals surface area (Å²) in [5.74, 6) is 0.218. The highest BCUT2D eigenvalue weighted by Gasteiger charge is 2.34. The van der Waals surface area contributed by atoms with E-state index in [1.54, 1.807) is 12.1 Å². The van der Waals surface area contributed by atoms with Gasteiger partial charge in [-0.3, -0.25) is 9.59 Å². The van der Waals surface area contributed by atoms with E-state index in [0.29, 0.717) is 24.6 Å². The summed E-state index contributed by atoms with van der Waals surface area (Å²) < 4.78 is 14.9. The van der Waals surface area contributed by atoms with Crippen LogP contribution < -0.4 is 15.5 Å². The molecule has 0 spiro atoms. The number of nitrogens with zero attached hydrogens (tertiary/aromatic N) is 4. The van der Waals surface area contributed by atoms with Gasteiger partial charge in [-0.15, -0.1) is 10.2 Å². The van der Waals surface area contributed by atoms with E-state index in [9.17, 15) is 14.0 Å². The lowest BCUT2D eigenvalue weighted by Crippen LogP contribution is -2.35. The zero-order valence-electron chi connectivity index (χ0n) is 16.2. The fraction of sp³-hybridized carbons (Fsp3) is 0.238. The summed E-state index contributed by atoms with van der Waals surface area (Å²) in [6.45, 7) is 1.16. The highest BCUT2D eigenvalue weighted by atomic mass is 19.1. The van der Waals surface area contributed by atoms with Gasteiger partial charge in [-0.1, -0.05) is 0 Å². The molecule has 1 aliphatic heterocycles. The Kier molecular flexibility index (Phi) is 5.69. The first-order valence-corrected chi connectivity index (χ1v) is 9.65. The van der Waals surface area contributed by atoms with E-state index < -0.39 is 5.92 Å². The maximum absolute atomic E-state index is 13.1. The minimum Gasteiger partial charge on any atom is -0.367 e. The zero-order valence-corrected chi connectivity index (χ0v) is 16.2. The van der Waals surface area contributed by atoms with Crippen molar-refractivity contribution in [1.29, 1.82) is 0 Å². The van der Waals surface area contributed by atoms with Gasteiger partial charge in [0.1, 0.15) is 11.6 Å². The topological polar surface area (TPSA) is 92.1 Å². The van der Waals surface area contributed by atoms with Gasteiger partial charge >= 0.3 is 0 Å². The Hall–Kier alpha value is -3.75. The molecule has 1 fully saturated rings. The molecular weight excluding hydrogens is 387 g/mol. The van der Waals surface area contributed by atoms with E-state index in [1.807, 2.05) is 41.2 Å². The Labute approximate surface area is 172 Å². The molecule has 2 aromatic heterocycles. The summed E-state index contributed by atoms with van der Waals surface area (Å²) in [7, 11) is 0. The van der Waals surface area contributed by atoms with E-state index in [0.717, 1.165) is 5.82 Å². The monoisotopic (exact) mass is 408 g/mol. The Bertz CT molecular complexity index is 1000. The molecule has 0 bridgehead atoms. The molecular formula is C21H21FN6O2. The third kappa shape index (κ3) is 4.45. The van der Waals surface area contributed by atoms with E-state index in [-0.39, 0.29) is 30.6 Å². The minimum atomic E-state index is -0.428. The van der Waals surface area contributed by atoms with Gasteiger partial charge < -0.3 is 20.1 Å². The Morgan fingerprint density at radius 3 is 2.53 bits per heavy atom. The summed E-state index contributed by atoms with van der Waals surface area (Å²) in [4.78, 5) is 26.1. The maximum Gasteiger partial charge on any atom is 0.227 e. The number of hydrogen-bond donors (Lipinski definition) is 2. The molecule has 0 saturated carbocycles. The van der Waals surface area contributed by atoms with Crippen LogP contribution in [0.2, 0.25) is 0 Å². The lowest BCUT2D eigenvalue weighted by molar-refractivity contribution is -0.126. The summed E-state index contributed by atoms with van der Waals surface area (Å²) in [6.07, 6.45) is 3.91. The number of benzene rings is 1. The molecule has 0 aliphatic carbocycles. The van der Waals surface area contributed by atoms with Crippen LogP contribution >= 0.6 is 0 Å². The second-order valence-electron chi connectivity index (χ2n) is 6.97. The van der Waals surface area contributed by atoms with Crippen LogP contribution in [0.4, 0.5) is 15.9 Å². The molecule has 2 N–H and O–H groups in total. The van der Waals surface area contributed by atoms with Crippen molar-refractivity contribution in [2.75, 3.05) is 29.9 Å². The molecule has 1 saturated heterocycles. The van der Waals surface area contributed by atoms with Gasteiger partial charge in [0.15, 0.2) is 5.82 Å². The maximum atomic E-state index is 13.1. The largest absolute Gasteiger partial charge is 0.367 e. The van der Waals surface area contributed by atoms with Crippen molar-refractivity contribution < 1.29 is 14.0 Å². The molecule has 3 heterocycles. The summed E-state index contributed by atoms with van der Waals surface area (Å²) in [6, 6.07) is 13.2. The average Bonchev–Trinajstić information content (AvgIpc) is 3.42. The number of halogens is 1. The first kappa shape index (κ1) is 19.6. The molecule has 1 aliphatic rings. The van der Waals surface area contributed by atoms with Crippen molar-refractivity contribution in [1.82, 2.24) is 20.1 Å². The van der Waals surface area contributed by atoms with Gasteiger partial charge in [0.2, 0.25) is 11.8 Å². The third-order valence-electron chi connectivity index (χ3n) is 4.88. The fourth-order valence-corrected chi connectivity index (χ4v) is 3.32. The van der Waals surface area contributed by atoms with E-state index in [2.05, 4.69) is 20.8 Å². The molecule has 154 valence electrons. The summed E-state index contributed by atoms with van der Waals surface area (Å²) in [5, 5.41) is 14.2. The van der Waals surface area contributed by atoms with Crippen LogP contribution in [-0.4, -0.2) is 46.2 Å². The molecule has 0 radical (unpaired) electrons. The van der Waals surface area contributed by atoms with Crippen molar-refractivity contribution in [3.63, 3.8) is 0 Å². The van der Waals surface area contributed by atoms with Gasteiger partial charge in [-0.05, 0) is 48.5 Å². The lowest BCUT2D eigenvalue weighted by atomic mass is 10.1. The molecule has 3 aromatic rings. The van der Waals surface area contributed by atoms with Crippen molar-refractivity contribution in [2.24, 2.45) is 5.92 Å². The third-order valence-corrected chi connectivity index (χ3v) is 4.88. The van der Waals surface area contributed by atoms with Gasteiger partial charge in [0.05, 0.1) is 5.92 Å². The van der Waals surface area contributed by atoms with E-state index in [1.165, 1.54) is 17.0 Å². The number of amides is 2. The van der Waals surface area contributed by atoms with Gasteiger partial charge in [0, 0.05) is 44.1 Å². The van der Waals surface area contributed by atoms with E-state index >= 15 is 0 Å². The number of nitrogens with one attached hydrogen (secondary N) is 2. The van der Waals surface area contributed by atoms with Gasteiger partial charge in [-0.25, -0.2) is 4.39 Å². The number of rotatable bonds is 7. The lowest BCUT2D eigenvalue weighted by Gasteiger charge is -2.16. The van der Waals surface area contributed by atoms with Crippen LogP contribution in [-0.2, 0) is 9.59 Å². The molecule has 2 amide bonds. The Morgan fingerprint density at radius 1 is 1.07 bits per heavy atom. The number of aromatic nitrogens is 3. The second-order valence-corrected chi connectivity index (χ2v) is 6.97. The predicted octanol–water partition coefficient (Wildman–Crippen LogP) is 1.99. The van der Waals surface area contributed by atoms with Crippen LogP contribution in [0, 0.1) is 11.7 Å². The molecule has 9 heteroatoms. The molecule has 1 atom stereocenters. The van der Waals surface area contributed by atoms with Crippen LogP contribution in [0.3, 0.4) is 0 Å². The smallest absolute Gasteiger partial charge is 0.227 e. The van der Waals surface area contributed by atoms with Gasteiger partial charge in [-0.2, -0.15) is 0 Å². The van der Waals surface area contributed by atoms with Crippen molar-refractivity contribution in [2.45, 2.75) is 6.42 Å². The van der Waals surface area contributed by atoms with E-state index in [4.69, 9.17) is 0 Å². The number of hydrogen-bond acceptors (Lipinski definition) is 5. The van der Waals surface area contributed by atoms with Gasteiger partial charge in [0.25, 0.3) is 0 Å². The van der Waals surface area contributed by atoms with Crippen molar-refractivity contribution in [3.05, 3.63) is 66.7 Å². The Morgan fingerprint density at radius 2 is 1.83 bits per heavy atom. The van der Waals surface area contributed by atoms with Crippen LogP contribution in [0.5, 0.6) is 0 Å². The first-order valence-electron chi connectivity index (χ1n) is 9.65. The summed E-state index contributed by atoms with van der Waals surface area (Å²) in [5.41, 5.74) is 0.597. The fourth-order valence-electron chi connectivity index (χ4n) is 3.32. The second kappa shape index (κ2) is 8.73. The number of carbonyl (C=O) groups excluding carboxylic acids is 2. The quantitative estimate of drug-likeness (QED) is 0.584. The highest BCUT2D eigenvalue weighted by molar-refractivity contribution is 6.00. The molecule has 30 heavy (non-hydrogen) atoms. The average molecular weight is 408 g/mol. The normalized spacial score (nSPS) is 16.0. The minimum absolute atomic E-state index is 0.141. The highest BCUT2D eigenvalue weighted by Crippen LogP contribution is 2.25. The number of carbonyl (C=O) groups is 2. The zero-order chi connectivity index (χ0) is 20.9. The molecule has 8 nitrogen and oxygen atoms in total.